The van der Waals surface area contributed by atoms with Gasteiger partial charge in [0.2, 0.25) is 11.8 Å². The van der Waals surface area contributed by atoms with Crippen molar-refractivity contribution in [2.24, 2.45) is 0 Å². The molecule has 0 aromatic heterocycles. The van der Waals surface area contributed by atoms with Crippen LogP contribution in [0.1, 0.15) is 77.3 Å². The van der Waals surface area contributed by atoms with Crippen molar-refractivity contribution in [1.29, 1.82) is 0 Å². The number of amides is 2. The maximum absolute atomic E-state index is 13.5. The normalized spacial score (nSPS) is 15.8. The van der Waals surface area contributed by atoms with E-state index in [2.05, 4.69) is 5.32 Å². The molecule has 1 aliphatic carbocycles. The number of carbonyl (C=O) groups excluding carboxylic acids is 2. The van der Waals surface area contributed by atoms with Crippen LogP contribution in [0.2, 0.25) is 0 Å². The molecule has 31 heavy (non-hydrogen) atoms. The molecule has 1 aliphatic rings. The summed E-state index contributed by atoms with van der Waals surface area (Å²) in [6.45, 7) is 6.31. The minimum absolute atomic E-state index is 0.0106. The Morgan fingerprint density at radius 1 is 1.16 bits per heavy atom. The third kappa shape index (κ3) is 7.30. The number of halogens is 1. The molecule has 0 bridgehead atoms. The van der Waals surface area contributed by atoms with Crippen molar-refractivity contribution in [1.82, 2.24) is 10.2 Å². The molecular weight excluding hydrogens is 416 g/mol. The Hall–Kier alpha value is -1.95. The highest BCUT2D eigenvalue weighted by atomic mass is 35.5. The van der Waals surface area contributed by atoms with Gasteiger partial charge in [0.25, 0.3) is 0 Å². The highest BCUT2D eigenvalue weighted by molar-refractivity contribution is 6.27. The number of carbonyl (C=O) groups is 2. The van der Waals surface area contributed by atoms with Crippen molar-refractivity contribution in [2.75, 3.05) is 19.5 Å². The monoisotopic (exact) mass is 452 g/mol. The summed E-state index contributed by atoms with van der Waals surface area (Å²) in [7, 11) is 1.57. The van der Waals surface area contributed by atoms with E-state index >= 15 is 0 Å². The molecule has 174 valence electrons. The second-order valence-corrected chi connectivity index (χ2v) is 8.66. The molecular formula is C24H37ClN2O4. The van der Waals surface area contributed by atoms with Crippen molar-refractivity contribution in [3.63, 3.8) is 0 Å². The molecule has 1 fully saturated rings. The van der Waals surface area contributed by atoms with Crippen molar-refractivity contribution in [2.45, 2.75) is 83.9 Å². The van der Waals surface area contributed by atoms with E-state index in [9.17, 15) is 9.59 Å². The molecule has 7 heteroatoms. The van der Waals surface area contributed by atoms with Gasteiger partial charge in [0.1, 0.15) is 11.9 Å². The van der Waals surface area contributed by atoms with Gasteiger partial charge >= 0.3 is 0 Å². The van der Waals surface area contributed by atoms with E-state index in [1.807, 2.05) is 26.8 Å². The quantitative estimate of drug-likeness (QED) is 0.407. The number of nitrogens with zero attached hydrogens (tertiary/aromatic N) is 1. The second kappa shape index (κ2) is 12.8. The molecule has 0 aliphatic heterocycles. The number of rotatable bonds is 10. The number of hydrogen-bond donors (Lipinski definition) is 1. The molecule has 6 nitrogen and oxygen atoms in total. The van der Waals surface area contributed by atoms with Gasteiger partial charge in [-0.25, -0.2) is 0 Å². The minimum atomic E-state index is -0.767. The molecule has 1 aromatic rings. The van der Waals surface area contributed by atoms with E-state index in [1.54, 1.807) is 24.1 Å². The van der Waals surface area contributed by atoms with Crippen molar-refractivity contribution in [3.05, 3.63) is 23.8 Å². The average Bonchev–Trinajstić information content (AvgIpc) is 3.01. The molecule has 2 rings (SSSR count). The molecule has 0 radical (unpaired) electrons. The summed E-state index contributed by atoms with van der Waals surface area (Å²) in [5, 5.41) is 3.21. The number of ether oxygens (including phenoxy) is 2. The smallest absolute Gasteiger partial charge is 0.247 e. The molecule has 0 spiro atoms. The van der Waals surface area contributed by atoms with Gasteiger partial charge in [0.05, 0.1) is 13.2 Å². The van der Waals surface area contributed by atoms with Crippen LogP contribution in [0.3, 0.4) is 0 Å². The molecule has 1 aromatic carbocycles. The predicted molar refractivity (Wildman–Crippen MR) is 124 cm³/mol. The lowest BCUT2D eigenvalue weighted by atomic mass is 10.0. The van der Waals surface area contributed by atoms with E-state index in [4.69, 9.17) is 21.1 Å². The van der Waals surface area contributed by atoms with E-state index in [1.165, 1.54) is 12.8 Å². The summed E-state index contributed by atoms with van der Waals surface area (Å²) in [5.41, 5.74) is 0.686. The summed E-state index contributed by atoms with van der Waals surface area (Å²) in [6, 6.07) is 4.80. The van der Waals surface area contributed by atoms with Crippen LogP contribution in [-0.2, 0) is 9.59 Å². The zero-order valence-corrected chi connectivity index (χ0v) is 20.0. The van der Waals surface area contributed by atoms with E-state index in [-0.39, 0.29) is 29.8 Å². The fourth-order valence-electron chi connectivity index (χ4n) is 4.10. The van der Waals surface area contributed by atoms with E-state index in [0.717, 1.165) is 32.1 Å². The molecule has 0 heterocycles. The topological polar surface area (TPSA) is 67.9 Å². The molecule has 0 unspecified atom stereocenters. The molecule has 1 N–H and O–H groups in total. The van der Waals surface area contributed by atoms with Crippen LogP contribution in [-0.4, -0.2) is 48.4 Å². The van der Waals surface area contributed by atoms with E-state index < -0.39 is 6.04 Å². The Labute approximate surface area is 191 Å². The van der Waals surface area contributed by atoms with Gasteiger partial charge in [0, 0.05) is 12.6 Å². The Morgan fingerprint density at radius 3 is 2.39 bits per heavy atom. The highest BCUT2D eigenvalue weighted by Crippen LogP contribution is 2.33. The van der Waals surface area contributed by atoms with Gasteiger partial charge in [-0.05, 0) is 50.8 Å². The first kappa shape index (κ1) is 25.3. The minimum Gasteiger partial charge on any atom is -0.493 e. The van der Waals surface area contributed by atoms with Crippen LogP contribution in [0.25, 0.3) is 0 Å². The fourth-order valence-corrected chi connectivity index (χ4v) is 4.25. The van der Waals surface area contributed by atoms with Gasteiger partial charge < -0.3 is 19.7 Å². The van der Waals surface area contributed by atoms with Gasteiger partial charge in [-0.15, -0.1) is 11.6 Å². The number of alkyl halides is 1. The van der Waals surface area contributed by atoms with Crippen LogP contribution in [0.5, 0.6) is 11.5 Å². The van der Waals surface area contributed by atoms with Gasteiger partial charge in [-0.2, -0.15) is 0 Å². The maximum Gasteiger partial charge on any atom is 0.247 e. The lowest BCUT2D eigenvalue weighted by Gasteiger charge is -2.32. The highest BCUT2D eigenvalue weighted by Gasteiger charge is 2.32. The largest absolute Gasteiger partial charge is 0.493 e. The average molecular weight is 453 g/mol. The van der Waals surface area contributed by atoms with Gasteiger partial charge in [-0.1, -0.05) is 38.7 Å². The van der Waals surface area contributed by atoms with Crippen molar-refractivity contribution < 1.29 is 19.1 Å². The molecule has 2 amide bonds. The lowest BCUT2D eigenvalue weighted by molar-refractivity contribution is -0.139. The summed E-state index contributed by atoms with van der Waals surface area (Å²) in [6.07, 6.45) is 7.30. The first-order valence-corrected chi connectivity index (χ1v) is 11.9. The predicted octanol–water partition coefficient (Wildman–Crippen LogP) is 4.84. The molecule has 1 saturated carbocycles. The summed E-state index contributed by atoms with van der Waals surface area (Å²) in [4.78, 5) is 27.8. The Bertz CT molecular complexity index is 718. The third-order valence-corrected chi connectivity index (χ3v) is 5.76. The third-order valence-electron chi connectivity index (χ3n) is 5.53. The van der Waals surface area contributed by atoms with Gasteiger partial charge in [-0.3, -0.25) is 9.59 Å². The zero-order valence-electron chi connectivity index (χ0n) is 19.3. The van der Waals surface area contributed by atoms with Crippen molar-refractivity contribution >= 4 is 23.4 Å². The van der Waals surface area contributed by atoms with Crippen LogP contribution >= 0.6 is 11.6 Å². The Morgan fingerprint density at radius 2 is 1.84 bits per heavy atom. The summed E-state index contributed by atoms with van der Waals surface area (Å²) < 4.78 is 11.3. The second-order valence-electron chi connectivity index (χ2n) is 8.40. The molecule has 0 saturated heterocycles. The Balaban J connectivity index is 2.40. The number of methoxy groups -OCH3 is 1. The SMILES string of the molecule is CCCN(C(=O)CCl)[C@@H](C(=O)NC1CCCCCC1)c1ccc(OC(C)C)c(OC)c1. The summed E-state index contributed by atoms with van der Waals surface area (Å²) in [5.74, 6) is 0.548. The van der Waals surface area contributed by atoms with Crippen molar-refractivity contribution in [3.8, 4) is 11.5 Å². The van der Waals surface area contributed by atoms with Crippen LogP contribution in [0, 0.1) is 0 Å². The first-order valence-electron chi connectivity index (χ1n) is 11.4. The van der Waals surface area contributed by atoms with Crippen LogP contribution < -0.4 is 14.8 Å². The molecule has 1 atom stereocenters. The standard InChI is InChI=1S/C24H37ClN2O4/c1-5-14-27(22(28)16-25)23(24(29)26-19-10-8-6-7-9-11-19)18-12-13-20(31-17(2)3)21(15-18)30-4/h12-13,15,17,19,23H,5-11,14,16H2,1-4H3,(H,26,29)/t23-/m1/s1. The number of benzene rings is 1. The fraction of sp³-hybridized carbons (Fsp3) is 0.667. The van der Waals surface area contributed by atoms with E-state index in [0.29, 0.717) is 23.6 Å². The van der Waals surface area contributed by atoms with Crippen LogP contribution in [0.4, 0.5) is 0 Å². The maximum atomic E-state index is 13.5. The Kier molecular flexibility index (Phi) is 10.4. The van der Waals surface area contributed by atoms with Crippen LogP contribution in [0.15, 0.2) is 18.2 Å². The number of nitrogens with one attached hydrogen (secondary N) is 1. The number of hydrogen-bond acceptors (Lipinski definition) is 4. The van der Waals surface area contributed by atoms with Gasteiger partial charge in [0.15, 0.2) is 11.5 Å². The zero-order chi connectivity index (χ0) is 22.8. The first-order chi connectivity index (χ1) is 14.9. The summed E-state index contributed by atoms with van der Waals surface area (Å²) >= 11 is 5.91. The lowest BCUT2D eigenvalue weighted by Crippen LogP contribution is -2.47.